The number of hydrogen-bond donors (Lipinski definition) is 1. The van der Waals surface area contributed by atoms with Crippen LogP contribution in [-0.2, 0) is 9.53 Å². The predicted octanol–water partition coefficient (Wildman–Crippen LogP) is 5.43. The smallest absolute Gasteiger partial charge is 0.303 e. The van der Waals surface area contributed by atoms with Crippen molar-refractivity contribution in [1.29, 1.82) is 0 Å². The van der Waals surface area contributed by atoms with E-state index in [0.717, 1.165) is 32.3 Å². The standard InChI is InChI=1S/C20H32O3/c1-2-3-4-5-6-7-8-10-13-16-20(18-23-20)17-14-11-9-12-15-19(21)22/h6-7,10-11,13-14H,2-5,8-9,12,15-18H2,1H3,(H,21,22)/b7-6-,13-10-,14-11-. The molecule has 1 heterocycles. The average molecular weight is 320 g/mol. The Labute approximate surface area is 141 Å². The molecule has 3 nitrogen and oxygen atoms in total. The van der Waals surface area contributed by atoms with E-state index < -0.39 is 5.97 Å². The zero-order chi connectivity index (χ0) is 16.8. The van der Waals surface area contributed by atoms with Crippen LogP contribution < -0.4 is 0 Å². The third-order valence-corrected chi connectivity index (χ3v) is 4.04. The summed E-state index contributed by atoms with van der Waals surface area (Å²) in [5.74, 6) is -0.718. The molecule has 1 rings (SSSR count). The first kappa shape index (κ1) is 19.7. The van der Waals surface area contributed by atoms with Gasteiger partial charge in [-0.3, -0.25) is 4.79 Å². The third-order valence-electron chi connectivity index (χ3n) is 4.04. The minimum absolute atomic E-state index is 0.0185. The van der Waals surface area contributed by atoms with Crippen LogP contribution in [0.3, 0.4) is 0 Å². The molecule has 0 aromatic heterocycles. The Morgan fingerprint density at radius 1 is 1.00 bits per heavy atom. The van der Waals surface area contributed by atoms with Crippen LogP contribution in [0.4, 0.5) is 0 Å². The van der Waals surface area contributed by atoms with E-state index in [-0.39, 0.29) is 12.0 Å². The minimum atomic E-state index is -0.718. The summed E-state index contributed by atoms with van der Waals surface area (Å²) in [5, 5.41) is 8.57. The van der Waals surface area contributed by atoms with Crippen molar-refractivity contribution in [3.8, 4) is 0 Å². The number of carboxylic acid groups (broad SMARTS) is 1. The van der Waals surface area contributed by atoms with Crippen molar-refractivity contribution >= 4 is 5.97 Å². The zero-order valence-corrected chi connectivity index (χ0v) is 14.5. The number of ether oxygens (including phenoxy) is 1. The molecule has 0 spiro atoms. The van der Waals surface area contributed by atoms with E-state index >= 15 is 0 Å². The Bertz CT molecular complexity index is 403. The molecular weight excluding hydrogens is 288 g/mol. The van der Waals surface area contributed by atoms with Crippen LogP contribution >= 0.6 is 0 Å². The molecule has 1 unspecified atom stereocenters. The van der Waals surface area contributed by atoms with Gasteiger partial charge < -0.3 is 9.84 Å². The molecule has 1 saturated heterocycles. The Hall–Kier alpha value is -1.35. The molecule has 1 N–H and O–H groups in total. The highest BCUT2D eigenvalue weighted by Gasteiger charge is 2.41. The minimum Gasteiger partial charge on any atom is -0.481 e. The van der Waals surface area contributed by atoms with Gasteiger partial charge >= 0.3 is 5.97 Å². The molecule has 1 atom stereocenters. The summed E-state index contributed by atoms with van der Waals surface area (Å²) in [6, 6.07) is 0. The maximum atomic E-state index is 10.4. The van der Waals surface area contributed by atoms with Gasteiger partial charge in [0.05, 0.1) is 12.2 Å². The molecule has 130 valence electrons. The van der Waals surface area contributed by atoms with E-state index in [1.54, 1.807) is 0 Å². The van der Waals surface area contributed by atoms with Gasteiger partial charge in [0, 0.05) is 6.42 Å². The second kappa shape index (κ2) is 12.1. The van der Waals surface area contributed by atoms with Crippen LogP contribution in [0.2, 0.25) is 0 Å². The number of epoxide rings is 1. The molecule has 0 aromatic rings. The van der Waals surface area contributed by atoms with E-state index in [0.29, 0.717) is 6.42 Å². The zero-order valence-electron chi connectivity index (χ0n) is 14.5. The highest BCUT2D eigenvalue weighted by molar-refractivity contribution is 5.66. The van der Waals surface area contributed by atoms with Gasteiger partial charge in [-0.1, -0.05) is 56.2 Å². The number of hydrogen-bond acceptors (Lipinski definition) is 2. The lowest BCUT2D eigenvalue weighted by atomic mass is 10.0. The third kappa shape index (κ3) is 10.9. The van der Waals surface area contributed by atoms with Crippen LogP contribution in [0.1, 0.15) is 71.1 Å². The number of rotatable bonds is 14. The Morgan fingerprint density at radius 2 is 1.61 bits per heavy atom. The average Bonchev–Trinajstić information content (AvgIpc) is 3.29. The van der Waals surface area contributed by atoms with Crippen molar-refractivity contribution in [2.45, 2.75) is 76.7 Å². The lowest BCUT2D eigenvalue weighted by Crippen LogP contribution is -2.07. The second-order valence-corrected chi connectivity index (χ2v) is 6.31. The summed E-state index contributed by atoms with van der Waals surface area (Å²) >= 11 is 0. The van der Waals surface area contributed by atoms with Gasteiger partial charge in [-0.05, 0) is 44.9 Å². The topological polar surface area (TPSA) is 49.8 Å². The van der Waals surface area contributed by atoms with Gasteiger partial charge in [-0.2, -0.15) is 0 Å². The van der Waals surface area contributed by atoms with E-state index in [1.807, 2.05) is 0 Å². The van der Waals surface area contributed by atoms with Crippen molar-refractivity contribution in [1.82, 2.24) is 0 Å². The van der Waals surface area contributed by atoms with Crippen LogP contribution in [0.5, 0.6) is 0 Å². The SMILES string of the molecule is CCCCC/C=C\C/C=C\CC1(C/C=C\CCCC(=O)O)CO1. The maximum Gasteiger partial charge on any atom is 0.303 e. The number of aliphatic carboxylic acids is 1. The number of allylic oxidation sites excluding steroid dienone is 4. The van der Waals surface area contributed by atoms with Gasteiger partial charge in [-0.25, -0.2) is 0 Å². The Morgan fingerprint density at radius 3 is 2.26 bits per heavy atom. The first-order valence-electron chi connectivity index (χ1n) is 8.99. The molecule has 0 aromatic carbocycles. The molecule has 0 radical (unpaired) electrons. The highest BCUT2D eigenvalue weighted by Crippen LogP contribution is 2.35. The van der Waals surface area contributed by atoms with Crippen molar-refractivity contribution in [3.63, 3.8) is 0 Å². The molecule has 3 heteroatoms. The first-order valence-corrected chi connectivity index (χ1v) is 8.99. The number of unbranched alkanes of at least 4 members (excludes halogenated alkanes) is 4. The molecule has 0 saturated carbocycles. The lowest BCUT2D eigenvalue weighted by Gasteiger charge is -2.04. The van der Waals surface area contributed by atoms with Gasteiger partial charge in [0.1, 0.15) is 0 Å². The fourth-order valence-electron chi connectivity index (χ4n) is 2.41. The first-order chi connectivity index (χ1) is 11.2. The monoisotopic (exact) mass is 320 g/mol. The van der Waals surface area contributed by atoms with E-state index in [9.17, 15) is 4.79 Å². The fraction of sp³-hybridized carbons (Fsp3) is 0.650. The van der Waals surface area contributed by atoms with Crippen LogP contribution in [0, 0.1) is 0 Å². The van der Waals surface area contributed by atoms with E-state index in [4.69, 9.17) is 9.84 Å². The Balaban J connectivity index is 2.06. The van der Waals surface area contributed by atoms with Crippen molar-refractivity contribution in [3.05, 3.63) is 36.5 Å². The van der Waals surface area contributed by atoms with Crippen LogP contribution in [0.15, 0.2) is 36.5 Å². The van der Waals surface area contributed by atoms with Gasteiger partial charge in [0.15, 0.2) is 0 Å². The Kier molecular flexibility index (Phi) is 10.4. The summed E-state index contributed by atoms with van der Waals surface area (Å²) < 4.78 is 5.60. The molecule has 23 heavy (non-hydrogen) atoms. The van der Waals surface area contributed by atoms with Crippen LogP contribution in [0.25, 0.3) is 0 Å². The van der Waals surface area contributed by atoms with Gasteiger partial charge in [0.2, 0.25) is 0 Å². The summed E-state index contributed by atoms with van der Waals surface area (Å²) in [4.78, 5) is 10.4. The molecular formula is C20H32O3. The lowest BCUT2D eigenvalue weighted by molar-refractivity contribution is -0.137. The molecule has 1 aliphatic heterocycles. The van der Waals surface area contributed by atoms with Crippen molar-refractivity contribution in [2.24, 2.45) is 0 Å². The molecule has 0 bridgehead atoms. The molecule has 0 aliphatic carbocycles. The number of carboxylic acids is 1. The molecule has 1 fully saturated rings. The molecule has 1 aliphatic rings. The van der Waals surface area contributed by atoms with E-state index in [1.165, 1.54) is 25.7 Å². The van der Waals surface area contributed by atoms with Gasteiger partial charge in [-0.15, -0.1) is 0 Å². The summed E-state index contributed by atoms with van der Waals surface area (Å²) in [5.41, 5.74) is 0.0185. The van der Waals surface area contributed by atoms with Gasteiger partial charge in [0.25, 0.3) is 0 Å². The summed E-state index contributed by atoms with van der Waals surface area (Å²) in [6.07, 6.45) is 23.0. The normalized spacial score (nSPS) is 20.9. The fourth-order valence-corrected chi connectivity index (χ4v) is 2.41. The predicted molar refractivity (Wildman–Crippen MR) is 95.6 cm³/mol. The highest BCUT2D eigenvalue weighted by atomic mass is 16.6. The molecule has 0 amide bonds. The second-order valence-electron chi connectivity index (χ2n) is 6.31. The maximum absolute atomic E-state index is 10.4. The summed E-state index contributed by atoms with van der Waals surface area (Å²) in [6.45, 7) is 3.07. The quantitative estimate of drug-likeness (QED) is 0.264. The van der Waals surface area contributed by atoms with Crippen molar-refractivity contribution < 1.29 is 14.6 Å². The van der Waals surface area contributed by atoms with E-state index in [2.05, 4.69) is 43.4 Å². The van der Waals surface area contributed by atoms with Crippen molar-refractivity contribution in [2.75, 3.05) is 6.61 Å². The summed E-state index contributed by atoms with van der Waals surface area (Å²) in [7, 11) is 0. The largest absolute Gasteiger partial charge is 0.481 e. The van der Waals surface area contributed by atoms with Crippen LogP contribution in [-0.4, -0.2) is 23.3 Å². The number of carbonyl (C=O) groups is 1.